The average Bonchev–Trinajstić information content (AvgIpc) is 3.26. The standard InChI is InChI=1S/C24H26N4O3S.ClH/c1-15-12-16(2)21-19(13-15)32-24(25-21)27(11-7-10-26(3)4)20(29)14-28-22(30)17-8-5-6-9-18(17)23(28)31;/h5-6,8-9,12-13H,7,10-11,14H2,1-4H3;1H. The minimum Gasteiger partial charge on any atom is -0.309 e. The van der Waals surface area contributed by atoms with Gasteiger partial charge >= 0.3 is 0 Å². The first-order chi connectivity index (χ1) is 15.3. The number of nitrogens with zero attached hydrogens (tertiary/aromatic N) is 4. The molecule has 0 spiro atoms. The molecule has 0 N–H and O–H groups in total. The van der Waals surface area contributed by atoms with Gasteiger partial charge in [0, 0.05) is 6.54 Å². The van der Waals surface area contributed by atoms with Crippen LogP contribution < -0.4 is 4.90 Å². The number of thiazole rings is 1. The van der Waals surface area contributed by atoms with Crippen LogP contribution in [0.5, 0.6) is 0 Å². The maximum Gasteiger partial charge on any atom is 0.262 e. The summed E-state index contributed by atoms with van der Waals surface area (Å²) in [5, 5.41) is 0.592. The topological polar surface area (TPSA) is 73.8 Å². The molecule has 0 unspecified atom stereocenters. The van der Waals surface area contributed by atoms with E-state index in [2.05, 4.69) is 17.0 Å². The second-order valence-electron chi connectivity index (χ2n) is 8.37. The van der Waals surface area contributed by atoms with Crippen molar-refractivity contribution in [3.63, 3.8) is 0 Å². The summed E-state index contributed by atoms with van der Waals surface area (Å²) in [5.41, 5.74) is 3.76. The molecule has 2 heterocycles. The molecule has 3 aromatic rings. The number of imide groups is 1. The third-order valence-electron chi connectivity index (χ3n) is 5.51. The number of amides is 3. The van der Waals surface area contributed by atoms with Gasteiger partial charge < -0.3 is 4.90 Å². The summed E-state index contributed by atoms with van der Waals surface area (Å²) in [4.78, 5) is 48.3. The molecule has 0 bridgehead atoms. The Morgan fingerprint density at radius 2 is 1.67 bits per heavy atom. The number of benzene rings is 2. The van der Waals surface area contributed by atoms with E-state index in [9.17, 15) is 14.4 Å². The number of rotatable bonds is 7. The normalized spacial score (nSPS) is 12.9. The van der Waals surface area contributed by atoms with Gasteiger partial charge in [0.05, 0.1) is 21.3 Å². The molecule has 0 saturated heterocycles. The first kappa shape index (κ1) is 24.8. The summed E-state index contributed by atoms with van der Waals surface area (Å²) in [6.45, 7) is 5.00. The second-order valence-corrected chi connectivity index (χ2v) is 9.38. The zero-order valence-electron chi connectivity index (χ0n) is 19.1. The van der Waals surface area contributed by atoms with E-state index in [0.29, 0.717) is 22.8 Å². The minimum atomic E-state index is -0.428. The highest BCUT2D eigenvalue weighted by Crippen LogP contribution is 2.32. The van der Waals surface area contributed by atoms with Gasteiger partial charge in [-0.3, -0.25) is 24.2 Å². The summed E-state index contributed by atoms with van der Waals surface area (Å²) < 4.78 is 1.02. The first-order valence-electron chi connectivity index (χ1n) is 10.5. The van der Waals surface area contributed by atoms with Crippen molar-refractivity contribution in [2.45, 2.75) is 20.3 Å². The Kier molecular flexibility index (Phi) is 7.51. The second kappa shape index (κ2) is 9.99. The molecule has 4 rings (SSSR count). The van der Waals surface area contributed by atoms with Gasteiger partial charge in [-0.05, 0) is 70.2 Å². The lowest BCUT2D eigenvalue weighted by Crippen LogP contribution is -2.43. The number of carbonyl (C=O) groups is 3. The number of hydrogen-bond acceptors (Lipinski definition) is 6. The number of halogens is 1. The zero-order valence-corrected chi connectivity index (χ0v) is 20.8. The number of anilines is 1. The van der Waals surface area contributed by atoms with Crippen LogP contribution >= 0.6 is 23.7 Å². The zero-order chi connectivity index (χ0) is 23.0. The molecule has 9 heteroatoms. The van der Waals surface area contributed by atoms with Gasteiger partial charge in [0.25, 0.3) is 11.8 Å². The lowest BCUT2D eigenvalue weighted by atomic mass is 10.1. The Morgan fingerprint density at radius 3 is 2.27 bits per heavy atom. The number of aromatic nitrogens is 1. The van der Waals surface area contributed by atoms with Crippen LogP contribution in [-0.4, -0.2) is 66.2 Å². The SMILES string of the molecule is Cc1cc(C)c2nc(N(CCCN(C)C)C(=O)CN3C(=O)c4ccccc4C3=O)sc2c1.Cl. The van der Waals surface area contributed by atoms with Crippen LogP contribution in [0.15, 0.2) is 36.4 Å². The van der Waals surface area contributed by atoms with E-state index in [1.54, 1.807) is 29.2 Å². The monoisotopic (exact) mass is 486 g/mol. The molecule has 1 aliphatic rings. The van der Waals surface area contributed by atoms with E-state index in [0.717, 1.165) is 39.2 Å². The molecule has 3 amide bonds. The summed E-state index contributed by atoms with van der Waals surface area (Å²) in [5.74, 6) is -1.17. The predicted molar refractivity (Wildman–Crippen MR) is 134 cm³/mol. The maximum absolute atomic E-state index is 13.4. The van der Waals surface area contributed by atoms with E-state index in [-0.39, 0.29) is 24.9 Å². The Morgan fingerprint density at radius 1 is 1.03 bits per heavy atom. The molecule has 2 aromatic carbocycles. The average molecular weight is 487 g/mol. The van der Waals surface area contributed by atoms with Crippen molar-refractivity contribution >= 4 is 56.8 Å². The molecule has 0 atom stereocenters. The van der Waals surface area contributed by atoms with Gasteiger partial charge in [-0.25, -0.2) is 4.98 Å². The fourth-order valence-electron chi connectivity index (χ4n) is 3.95. The lowest BCUT2D eigenvalue weighted by molar-refractivity contribution is -0.119. The van der Waals surface area contributed by atoms with Crippen LogP contribution in [0.1, 0.15) is 38.3 Å². The third-order valence-corrected chi connectivity index (χ3v) is 6.53. The number of hydrogen-bond donors (Lipinski definition) is 0. The minimum absolute atomic E-state index is 0. The van der Waals surface area contributed by atoms with Crippen molar-refractivity contribution in [1.82, 2.24) is 14.8 Å². The van der Waals surface area contributed by atoms with Gasteiger partial charge in [0.1, 0.15) is 6.54 Å². The van der Waals surface area contributed by atoms with Crippen LogP contribution in [0.2, 0.25) is 0 Å². The largest absolute Gasteiger partial charge is 0.309 e. The van der Waals surface area contributed by atoms with Crippen LogP contribution in [-0.2, 0) is 4.79 Å². The highest BCUT2D eigenvalue weighted by Gasteiger charge is 2.37. The molecule has 0 aliphatic carbocycles. The molecule has 0 radical (unpaired) electrons. The van der Waals surface area contributed by atoms with Gasteiger partial charge in [0.2, 0.25) is 5.91 Å². The lowest BCUT2D eigenvalue weighted by Gasteiger charge is -2.23. The van der Waals surface area contributed by atoms with Gasteiger partial charge in [-0.15, -0.1) is 12.4 Å². The Balaban J connectivity index is 0.00000306. The predicted octanol–water partition coefficient (Wildman–Crippen LogP) is 3.92. The number of carbonyl (C=O) groups excluding carboxylic acids is 3. The summed E-state index contributed by atoms with van der Waals surface area (Å²) in [7, 11) is 3.96. The van der Waals surface area contributed by atoms with Crippen molar-refractivity contribution in [3.8, 4) is 0 Å². The van der Waals surface area contributed by atoms with E-state index in [4.69, 9.17) is 4.98 Å². The Bertz CT molecular complexity index is 1190. The van der Waals surface area contributed by atoms with Crippen LogP contribution in [0.25, 0.3) is 10.2 Å². The van der Waals surface area contributed by atoms with E-state index >= 15 is 0 Å². The number of fused-ring (bicyclic) bond motifs is 2. The third kappa shape index (κ3) is 4.93. The fourth-order valence-corrected chi connectivity index (χ4v) is 5.13. The molecule has 0 saturated carbocycles. The van der Waals surface area contributed by atoms with Crippen LogP contribution in [0, 0.1) is 13.8 Å². The first-order valence-corrected chi connectivity index (χ1v) is 11.4. The molecular formula is C24H27ClN4O3S. The summed E-state index contributed by atoms with van der Waals surface area (Å²) in [6.07, 6.45) is 0.745. The molecule has 1 aromatic heterocycles. The van der Waals surface area contributed by atoms with Crippen LogP contribution in [0.3, 0.4) is 0 Å². The molecule has 0 fully saturated rings. The summed E-state index contributed by atoms with van der Waals surface area (Å²) >= 11 is 1.46. The molecular weight excluding hydrogens is 460 g/mol. The highest BCUT2D eigenvalue weighted by molar-refractivity contribution is 7.22. The van der Waals surface area contributed by atoms with Crippen molar-refractivity contribution in [2.75, 3.05) is 38.6 Å². The maximum atomic E-state index is 13.4. The van der Waals surface area contributed by atoms with Gasteiger partial charge in [-0.1, -0.05) is 29.5 Å². The van der Waals surface area contributed by atoms with Crippen molar-refractivity contribution in [2.24, 2.45) is 0 Å². The van der Waals surface area contributed by atoms with Crippen molar-refractivity contribution in [3.05, 3.63) is 58.7 Å². The van der Waals surface area contributed by atoms with E-state index < -0.39 is 11.8 Å². The quantitative estimate of drug-likeness (QED) is 0.473. The fraction of sp³-hybridized carbons (Fsp3) is 0.333. The van der Waals surface area contributed by atoms with Gasteiger partial charge in [0.15, 0.2) is 5.13 Å². The van der Waals surface area contributed by atoms with E-state index in [1.165, 1.54) is 11.3 Å². The van der Waals surface area contributed by atoms with Gasteiger partial charge in [-0.2, -0.15) is 0 Å². The van der Waals surface area contributed by atoms with Crippen LogP contribution in [0.4, 0.5) is 5.13 Å². The highest BCUT2D eigenvalue weighted by atomic mass is 35.5. The Labute approximate surface area is 203 Å². The van der Waals surface area contributed by atoms with E-state index in [1.807, 2.05) is 27.9 Å². The van der Waals surface area contributed by atoms with Crippen molar-refractivity contribution < 1.29 is 14.4 Å². The Hall–Kier alpha value is -2.81. The number of aryl methyl sites for hydroxylation is 2. The smallest absolute Gasteiger partial charge is 0.262 e. The molecule has 33 heavy (non-hydrogen) atoms. The van der Waals surface area contributed by atoms with Crippen molar-refractivity contribution in [1.29, 1.82) is 0 Å². The molecule has 7 nitrogen and oxygen atoms in total. The molecule has 1 aliphatic heterocycles. The molecule has 174 valence electrons. The summed E-state index contributed by atoms with van der Waals surface area (Å²) in [6, 6.07) is 10.8.